The number of urea groups is 1. The zero-order valence-electron chi connectivity index (χ0n) is 25.0. The van der Waals surface area contributed by atoms with E-state index >= 15 is 0 Å². The van der Waals surface area contributed by atoms with Crippen LogP contribution >= 0.6 is 11.6 Å². The van der Waals surface area contributed by atoms with Gasteiger partial charge in [-0.2, -0.15) is 0 Å². The van der Waals surface area contributed by atoms with Crippen LogP contribution in [0.2, 0.25) is 0 Å². The van der Waals surface area contributed by atoms with Crippen molar-refractivity contribution < 1.29 is 33.4 Å². The Morgan fingerprint density at radius 1 is 1.19 bits per heavy atom. The lowest BCUT2D eigenvalue weighted by Crippen LogP contribution is -2.72. The summed E-state index contributed by atoms with van der Waals surface area (Å²) in [6.45, 7) is 3.96. The van der Waals surface area contributed by atoms with Crippen molar-refractivity contribution in [3.63, 3.8) is 0 Å². The summed E-state index contributed by atoms with van der Waals surface area (Å²) in [6.07, 6.45) is 11.9. The highest BCUT2D eigenvalue weighted by Crippen LogP contribution is 2.45. The Hall–Kier alpha value is -3.17. The van der Waals surface area contributed by atoms with Crippen LogP contribution in [0.5, 0.6) is 0 Å². The summed E-state index contributed by atoms with van der Waals surface area (Å²) in [7, 11) is 0. The zero-order chi connectivity index (χ0) is 30.8. The number of halogens is 1. The van der Waals surface area contributed by atoms with Crippen molar-refractivity contribution in [1.82, 2.24) is 10.2 Å². The summed E-state index contributed by atoms with van der Waals surface area (Å²) in [5.41, 5.74) is -0.114. The van der Waals surface area contributed by atoms with Crippen molar-refractivity contribution in [1.29, 1.82) is 0 Å². The summed E-state index contributed by atoms with van der Waals surface area (Å²) in [6, 6.07) is 8.75. The number of amides is 2. The third-order valence-electron chi connectivity index (χ3n) is 8.44. The smallest absolute Gasteiger partial charge is 0.321 e. The molecule has 2 amide bonds. The first-order chi connectivity index (χ1) is 20.8. The van der Waals surface area contributed by atoms with Gasteiger partial charge in [0.25, 0.3) is 0 Å². The van der Waals surface area contributed by atoms with Crippen molar-refractivity contribution in [2.75, 3.05) is 12.5 Å². The molecule has 1 aromatic rings. The van der Waals surface area contributed by atoms with E-state index in [1.165, 1.54) is 0 Å². The number of hydrogen-bond acceptors (Lipinski definition) is 7. The molecule has 3 heterocycles. The fourth-order valence-electron chi connectivity index (χ4n) is 6.47. The minimum atomic E-state index is -1.12. The first-order valence-electron chi connectivity index (χ1n) is 15.4. The van der Waals surface area contributed by atoms with Crippen molar-refractivity contribution in [2.24, 2.45) is 5.92 Å². The van der Waals surface area contributed by atoms with Crippen LogP contribution in [-0.4, -0.2) is 71.2 Å². The molecule has 0 saturated carbocycles. The van der Waals surface area contributed by atoms with Gasteiger partial charge in [-0.25, -0.2) is 4.79 Å². The largest absolute Gasteiger partial charge is 0.461 e. The molecule has 0 aliphatic carbocycles. The van der Waals surface area contributed by atoms with E-state index in [0.717, 1.165) is 18.4 Å². The highest BCUT2D eigenvalue weighted by Gasteiger charge is 2.60. The summed E-state index contributed by atoms with van der Waals surface area (Å²) >= 11 is 5.51. The fraction of sp³-hybridized carbons (Fsp3) is 0.576. The molecule has 3 aliphatic rings. The van der Waals surface area contributed by atoms with Gasteiger partial charge in [0.2, 0.25) is 0 Å². The third-order valence-corrected chi connectivity index (χ3v) is 8.66. The van der Waals surface area contributed by atoms with Crippen LogP contribution in [0.4, 0.5) is 4.79 Å². The Labute approximate surface area is 258 Å². The second-order valence-electron chi connectivity index (χ2n) is 11.5. The van der Waals surface area contributed by atoms with Crippen LogP contribution in [-0.2, 0) is 28.6 Å². The Bertz CT molecular complexity index is 1190. The highest BCUT2D eigenvalue weighted by molar-refractivity contribution is 6.26. The third kappa shape index (κ3) is 8.48. The number of nitrogens with zero attached hydrogens (tertiary/aromatic N) is 1. The lowest BCUT2D eigenvalue weighted by atomic mass is 9.80. The number of esters is 2. The maximum Gasteiger partial charge on any atom is 0.321 e. The second-order valence-corrected chi connectivity index (χ2v) is 11.8. The van der Waals surface area contributed by atoms with Crippen LogP contribution < -0.4 is 5.32 Å². The van der Waals surface area contributed by atoms with Crippen LogP contribution in [0.3, 0.4) is 0 Å². The Morgan fingerprint density at radius 2 is 1.98 bits per heavy atom. The molecule has 0 radical (unpaired) electrons. The van der Waals surface area contributed by atoms with Crippen molar-refractivity contribution in [3.8, 4) is 0 Å². The van der Waals surface area contributed by atoms with Gasteiger partial charge in [0.05, 0.1) is 12.1 Å². The van der Waals surface area contributed by atoms with Crippen molar-refractivity contribution in [3.05, 3.63) is 54.1 Å². The Morgan fingerprint density at radius 3 is 2.70 bits per heavy atom. The number of carbonyl (C=O) groups is 4. The van der Waals surface area contributed by atoms with Gasteiger partial charge in [-0.3, -0.25) is 14.4 Å². The average Bonchev–Trinajstić information content (AvgIpc) is 3.40. The molecule has 6 atom stereocenters. The molecule has 3 fully saturated rings. The Balaban J connectivity index is 1.39. The van der Waals surface area contributed by atoms with E-state index in [9.17, 15) is 19.2 Å². The number of carbonyl (C=O) groups excluding carboxylic acids is 4. The predicted molar refractivity (Wildman–Crippen MR) is 163 cm³/mol. The molecule has 9 nitrogen and oxygen atoms in total. The number of Topliss-reactive ketones (excluding diaryl/α,β-unsaturated/α-hetero) is 1. The van der Waals surface area contributed by atoms with E-state index < -0.39 is 29.6 Å². The molecular formula is C33H43ClN2O7. The number of alkyl halides is 1. The van der Waals surface area contributed by atoms with Gasteiger partial charge in [-0.05, 0) is 69.6 Å². The summed E-state index contributed by atoms with van der Waals surface area (Å²) in [5, 5.41) is 3.05. The second kappa shape index (κ2) is 15.5. The number of nitrogens with one attached hydrogen (secondary N) is 1. The lowest BCUT2D eigenvalue weighted by molar-refractivity contribution is -0.203. The van der Waals surface area contributed by atoms with Crippen LogP contribution in [0.25, 0.3) is 6.08 Å². The van der Waals surface area contributed by atoms with E-state index in [-0.39, 0.29) is 49.0 Å². The van der Waals surface area contributed by atoms with Crippen LogP contribution in [0, 0.1) is 5.92 Å². The SMILES string of the molecule is CC[C@@H](/C=C/CCC(=O)C[C@@H]1CC[C@@H]2[C@@H](C(=O)OC/C=C/c3ccccc3)[C@]3(CCC[C@@H](C)O3)NC(=O)N12)OC(=O)CCl. The molecule has 3 aliphatic heterocycles. The number of hydrogen-bond donors (Lipinski definition) is 1. The molecule has 43 heavy (non-hydrogen) atoms. The molecule has 1 aromatic carbocycles. The van der Waals surface area contributed by atoms with Gasteiger partial charge in [-0.15, -0.1) is 11.6 Å². The molecule has 3 saturated heterocycles. The molecule has 4 rings (SSSR count). The predicted octanol–water partition coefficient (Wildman–Crippen LogP) is 5.56. The van der Waals surface area contributed by atoms with E-state index in [2.05, 4.69) is 5.32 Å². The molecule has 0 unspecified atom stereocenters. The van der Waals surface area contributed by atoms with E-state index in [0.29, 0.717) is 38.5 Å². The number of fused-ring (bicyclic) bond motifs is 1. The van der Waals surface area contributed by atoms with E-state index in [1.807, 2.05) is 56.3 Å². The quantitative estimate of drug-likeness (QED) is 0.176. The van der Waals surface area contributed by atoms with Crippen molar-refractivity contribution in [2.45, 2.75) is 102 Å². The van der Waals surface area contributed by atoms with Gasteiger partial charge in [0.15, 0.2) is 5.72 Å². The minimum Gasteiger partial charge on any atom is -0.461 e. The first kappa shape index (κ1) is 32.7. The standard InChI is InChI=1S/C33H43ClN2O7/c1-3-27(42-29(38)22-34)16-8-7-15-26(37)21-25-17-18-28-30(31(39)41-20-10-14-24-12-5-4-6-13-24)33(35-32(40)36(25)28)19-9-11-23(2)43-33/h4-6,8,10,12-14,16,23,25,27-28,30H,3,7,9,11,15,17-22H2,1-2H3,(H,35,40)/b14-10+,16-8+/t23-,25+,27+,28-,30+,33-/m1/s1. The van der Waals surface area contributed by atoms with E-state index in [1.54, 1.807) is 17.1 Å². The zero-order valence-corrected chi connectivity index (χ0v) is 25.8. The molecule has 0 aromatic heterocycles. The Kier molecular flexibility index (Phi) is 11.8. The number of ether oxygens (including phenoxy) is 3. The molecular weight excluding hydrogens is 572 g/mol. The normalized spacial score (nSPS) is 27.7. The molecule has 10 heteroatoms. The van der Waals surface area contributed by atoms with Crippen LogP contribution in [0.15, 0.2) is 48.6 Å². The maximum atomic E-state index is 13.7. The van der Waals surface area contributed by atoms with Gasteiger partial charge < -0.3 is 24.4 Å². The number of ketones is 1. The molecule has 1 N–H and O–H groups in total. The first-order valence-corrected chi connectivity index (χ1v) is 15.9. The average molecular weight is 615 g/mol. The monoisotopic (exact) mass is 614 g/mol. The number of rotatable bonds is 13. The highest BCUT2D eigenvalue weighted by atomic mass is 35.5. The number of allylic oxidation sites excluding steroid dienone is 1. The number of benzene rings is 1. The maximum absolute atomic E-state index is 13.7. The van der Waals surface area contributed by atoms with Gasteiger partial charge in [-0.1, -0.05) is 49.4 Å². The molecule has 234 valence electrons. The van der Waals surface area contributed by atoms with Gasteiger partial charge in [0.1, 0.15) is 30.3 Å². The molecule has 0 bridgehead atoms. The topological polar surface area (TPSA) is 111 Å². The van der Waals surface area contributed by atoms with E-state index in [4.69, 9.17) is 25.8 Å². The van der Waals surface area contributed by atoms with Gasteiger partial charge >= 0.3 is 18.0 Å². The van der Waals surface area contributed by atoms with Crippen LogP contribution in [0.1, 0.15) is 77.2 Å². The summed E-state index contributed by atoms with van der Waals surface area (Å²) < 4.78 is 17.3. The fourth-order valence-corrected chi connectivity index (χ4v) is 6.54. The molecule has 1 spiro atoms. The lowest BCUT2D eigenvalue weighted by Gasteiger charge is -2.52. The summed E-state index contributed by atoms with van der Waals surface area (Å²) in [4.78, 5) is 53.3. The minimum absolute atomic E-state index is 0.0295. The van der Waals surface area contributed by atoms with Gasteiger partial charge in [0, 0.05) is 18.9 Å². The summed E-state index contributed by atoms with van der Waals surface area (Å²) in [5.74, 6) is -1.76. The van der Waals surface area contributed by atoms with Crippen molar-refractivity contribution >= 4 is 41.4 Å².